The number of aliphatic hydroxyl groups excluding tert-OH is 5. The van der Waals surface area contributed by atoms with Gasteiger partial charge in [-0.2, -0.15) is 0 Å². The lowest BCUT2D eigenvalue weighted by atomic mass is 9.99. The van der Waals surface area contributed by atoms with Crippen molar-refractivity contribution >= 4 is 5.91 Å². The van der Waals surface area contributed by atoms with Gasteiger partial charge in [0.25, 0.3) is 0 Å². The van der Waals surface area contributed by atoms with Crippen LogP contribution in [0.15, 0.2) is 146 Å². The van der Waals surface area contributed by atoms with Crippen LogP contribution in [-0.2, 0) is 14.3 Å². The summed E-state index contributed by atoms with van der Waals surface area (Å²) >= 11 is 0. The molecule has 1 aliphatic rings. The van der Waals surface area contributed by atoms with Crippen molar-refractivity contribution in [3.05, 3.63) is 146 Å². The molecule has 0 spiro atoms. The van der Waals surface area contributed by atoms with E-state index in [0.717, 1.165) is 128 Å². The van der Waals surface area contributed by atoms with E-state index in [4.69, 9.17) is 9.47 Å². The fourth-order valence-electron chi connectivity index (χ4n) is 6.90. The Morgan fingerprint density at radius 2 is 0.925 bits per heavy atom. The molecular weight excluding hydrogens is 839 g/mol. The second kappa shape index (κ2) is 45.8. The normalized spacial score (nSPS) is 21.0. The summed E-state index contributed by atoms with van der Waals surface area (Å²) in [6.45, 7) is 3.50. The van der Waals surface area contributed by atoms with Gasteiger partial charge in [0.05, 0.1) is 25.4 Å². The van der Waals surface area contributed by atoms with E-state index < -0.39 is 49.5 Å². The van der Waals surface area contributed by atoms with Crippen molar-refractivity contribution in [2.45, 2.75) is 198 Å². The number of rotatable bonds is 40. The van der Waals surface area contributed by atoms with Crippen LogP contribution in [0.25, 0.3) is 0 Å². The smallest absolute Gasteiger partial charge is 0.220 e. The molecule has 0 aromatic heterocycles. The number of unbranched alkanes of at least 4 members (excludes halogenated alkanes) is 6. The summed E-state index contributed by atoms with van der Waals surface area (Å²) in [5, 5.41) is 53.6. The first-order valence-corrected chi connectivity index (χ1v) is 25.5. The highest BCUT2D eigenvalue weighted by Gasteiger charge is 2.44. The topological polar surface area (TPSA) is 149 Å². The Kier molecular flexibility index (Phi) is 41.8. The molecule has 1 aliphatic heterocycles. The fraction of sp³-hybridized carbons (Fsp3) is 0.569. The third-order valence-corrected chi connectivity index (χ3v) is 11.0. The molecule has 0 aromatic rings. The van der Waals surface area contributed by atoms with Gasteiger partial charge >= 0.3 is 0 Å². The molecule has 1 saturated heterocycles. The number of aliphatic hydroxyl groups is 5. The molecule has 1 heterocycles. The number of carbonyl (C=O) groups is 1. The van der Waals surface area contributed by atoms with Crippen LogP contribution in [0.3, 0.4) is 0 Å². The first-order chi connectivity index (χ1) is 32.8. The van der Waals surface area contributed by atoms with Crippen molar-refractivity contribution in [2.75, 3.05) is 13.2 Å². The van der Waals surface area contributed by atoms with Crippen molar-refractivity contribution in [1.29, 1.82) is 0 Å². The van der Waals surface area contributed by atoms with Crippen molar-refractivity contribution in [3.8, 4) is 0 Å². The number of hydrogen-bond acceptors (Lipinski definition) is 8. The molecule has 376 valence electrons. The summed E-state index contributed by atoms with van der Waals surface area (Å²) in [5.74, 6) is -0.189. The molecule has 0 aromatic carbocycles. The van der Waals surface area contributed by atoms with Gasteiger partial charge in [-0.05, 0) is 103 Å². The number of hydrogen-bond donors (Lipinski definition) is 6. The van der Waals surface area contributed by atoms with Gasteiger partial charge in [-0.3, -0.25) is 4.79 Å². The third-order valence-electron chi connectivity index (χ3n) is 11.0. The van der Waals surface area contributed by atoms with Crippen LogP contribution in [-0.4, -0.2) is 87.5 Å². The second-order valence-electron chi connectivity index (χ2n) is 16.9. The molecule has 9 nitrogen and oxygen atoms in total. The predicted molar refractivity (Wildman–Crippen MR) is 280 cm³/mol. The first-order valence-electron chi connectivity index (χ1n) is 25.5. The molecule has 0 saturated carbocycles. The zero-order valence-corrected chi connectivity index (χ0v) is 41.3. The lowest BCUT2D eigenvalue weighted by molar-refractivity contribution is -0.302. The average Bonchev–Trinajstić information content (AvgIpc) is 3.33. The van der Waals surface area contributed by atoms with Crippen molar-refractivity contribution in [3.63, 3.8) is 0 Å². The summed E-state index contributed by atoms with van der Waals surface area (Å²) in [5.41, 5.74) is 0. The number of nitrogens with one attached hydrogen (secondary N) is 1. The van der Waals surface area contributed by atoms with Crippen LogP contribution in [0.4, 0.5) is 0 Å². The van der Waals surface area contributed by atoms with Gasteiger partial charge in [0.1, 0.15) is 24.4 Å². The lowest BCUT2D eigenvalue weighted by Gasteiger charge is -2.40. The SMILES string of the molecule is CC/C=C\C/C=C\C/C=C\C/C=C\C/C=C\C/C=C\C/C=C\C/C=C\C/C=C\C/C=C\C/C=C\C/C=C\CCCCCCC(=O)NC(COC1OC(CO)C(O)C(O)C1O)C(O)CCCCC. The second-order valence-corrected chi connectivity index (χ2v) is 16.9. The van der Waals surface area contributed by atoms with Crippen LogP contribution in [0, 0.1) is 0 Å². The summed E-state index contributed by atoms with van der Waals surface area (Å²) in [4.78, 5) is 12.8. The van der Waals surface area contributed by atoms with Crippen molar-refractivity contribution < 1.29 is 39.8 Å². The van der Waals surface area contributed by atoms with E-state index in [1.165, 1.54) is 0 Å². The van der Waals surface area contributed by atoms with Crippen molar-refractivity contribution in [1.82, 2.24) is 5.32 Å². The maximum atomic E-state index is 12.8. The van der Waals surface area contributed by atoms with E-state index in [1.807, 2.05) is 0 Å². The van der Waals surface area contributed by atoms with Crippen LogP contribution in [0.1, 0.15) is 155 Å². The fourth-order valence-corrected chi connectivity index (χ4v) is 6.90. The summed E-state index contributed by atoms with van der Waals surface area (Å²) in [7, 11) is 0. The number of carbonyl (C=O) groups excluding carboxylic acids is 1. The van der Waals surface area contributed by atoms with E-state index in [-0.39, 0.29) is 12.5 Å². The van der Waals surface area contributed by atoms with E-state index in [0.29, 0.717) is 12.8 Å². The highest BCUT2D eigenvalue weighted by Crippen LogP contribution is 2.22. The Bertz CT molecular complexity index is 1550. The molecule has 6 N–H and O–H groups in total. The van der Waals surface area contributed by atoms with Gasteiger partial charge in [0, 0.05) is 6.42 Å². The summed E-state index contributed by atoms with van der Waals surface area (Å²) in [6.07, 6.45) is 65.5. The minimum Gasteiger partial charge on any atom is -0.394 e. The Labute approximate surface area is 406 Å². The molecule has 0 radical (unpaired) electrons. The van der Waals surface area contributed by atoms with Crippen LogP contribution in [0.2, 0.25) is 0 Å². The number of amides is 1. The Hall–Kier alpha value is -3.93. The minimum atomic E-state index is -1.56. The van der Waals surface area contributed by atoms with Gasteiger partial charge < -0.3 is 40.3 Å². The third kappa shape index (κ3) is 35.8. The largest absolute Gasteiger partial charge is 0.394 e. The molecule has 7 atom stereocenters. The quantitative estimate of drug-likeness (QED) is 0.0263. The molecule has 1 amide bonds. The molecular formula is C58H91NO8. The Morgan fingerprint density at radius 1 is 0.522 bits per heavy atom. The predicted octanol–water partition coefficient (Wildman–Crippen LogP) is 11.9. The van der Waals surface area contributed by atoms with Crippen molar-refractivity contribution in [2.24, 2.45) is 0 Å². The van der Waals surface area contributed by atoms with E-state index in [2.05, 4.69) is 165 Å². The molecule has 9 heteroatoms. The maximum Gasteiger partial charge on any atom is 0.220 e. The zero-order chi connectivity index (χ0) is 48.7. The Balaban J connectivity index is 2.07. The summed E-state index contributed by atoms with van der Waals surface area (Å²) < 4.78 is 11.1. The zero-order valence-electron chi connectivity index (χ0n) is 41.3. The van der Waals surface area contributed by atoms with E-state index in [1.54, 1.807) is 0 Å². The molecule has 0 bridgehead atoms. The molecule has 1 rings (SSSR count). The first kappa shape index (κ1) is 61.1. The van der Waals surface area contributed by atoms with Crippen LogP contribution >= 0.6 is 0 Å². The minimum absolute atomic E-state index is 0.163. The molecule has 67 heavy (non-hydrogen) atoms. The molecule has 7 unspecified atom stereocenters. The van der Waals surface area contributed by atoms with Gasteiger partial charge in [0.2, 0.25) is 5.91 Å². The summed E-state index contributed by atoms with van der Waals surface area (Å²) in [6, 6.07) is -0.738. The number of allylic oxidation sites excluding steroid dienone is 24. The monoisotopic (exact) mass is 930 g/mol. The number of ether oxygens (including phenoxy) is 2. The van der Waals surface area contributed by atoms with E-state index >= 15 is 0 Å². The van der Waals surface area contributed by atoms with Gasteiger partial charge in [0.15, 0.2) is 6.29 Å². The highest BCUT2D eigenvalue weighted by molar-refractivity contribution is 5.76. The van der Waals surface area contributed by atoms with E-state index in [9.17, 15) is 30.3 Å². The Morgan fingerprint density at radius 3 is 1.33 bits per heavy atom. The standard InChI is InChI=1S/C58H91NO8/c1-3-5-7-8-9-10-11-12-13-14-15-16-17-18-19-20-21-22-23-24-25-26-27-28-29-30-31-32-33-34-35-36-37-38-39-40-41-42-43-44-46-48-54(62)59-51(52(61)47-45-6-4-2)50-66-58-57(65)56(64)55(63)53(49-60)67-58/h5,7,9-10,12-13,15-16,18-19,21-22,24-25,27-28,30-31,33-34,36-37,39-40,51-53,55-58,60-61,63-65H,3-4,6,8,11,14,17,20,23,26,29,32,35,38,41-50H2,1-2H3,(H,59,62)/b7-5-,10-9-,13-12-,16-15-,19-18-,22-21-,25-24-,28-27-,31-30-,34-33-,37-36-,40-39-. The molecule has 0 aliphatic carbocycles. The van der Waals surface area contributed by atoms with Crippen LogP contribution < -0.4 is 5.32 Å². The van der Waals surface area contributed by atoms with Gasteiger partial charge in [-0.25, -0.2) is 0 Å². The highest BCUT2D eigenvalue weighted by atomic mass is 16.7. The van der Waals surface area contributed by atoms with Gasteiger partial charge in [-0.15, -0.1) is 0 Å². The van der Waals surface area contributed by atoms with Crippen LogP contribution in [0.5, 0.6) is 0 Å². The maximum absolute atomic E-state index is 12.8. The lowest BCUT2D eigenvalue weighted by Crippen LogP contribution is -2.60. The van der Waals surface area contributed by atoms with Gasteiger partial charge in [-0.1, -0.05) is 192 Å². The average molecular weight is 930 g/mol. The molecule has 1 fully saturated rings.